The van der Waals surface area contributed by atoms with E-state index in [2.05, 4.69) is 5.43 Å². The van der Waals surface area contributed by atoms with Crippen LogP contribution in [0.15, 0.2) is 42.5 Å². The van der Waals surface area contributed by atoms with Crippen LogP contribution in [0.1, 0.15) is 11.1 Å². The van der Waals surface area contributed by atoms with E-state index in [1.807, 2.05) is 24.3 Å². The molecule has 20 heavy (non-hydrogen) atoms. The van der Waals surface area contributed by atoms with Crippen LogP contribution in [0.2, 0.25) is 10.0 Å². The third kappa shape index (κ3) is 3.93. The monoisotopic (exact) mass is 312 g/mol. The van der Waals surface area contributed by atoms with Gasteiger partial charge in [0.2, 0.25) is 0 Å². The first kappa shape index (κ1) is 15.3. The van der Waals surface area contributed by atoms with Gasteiger partial charge in [-0.25, -0.2) is 4.39 Å². The lowest BCUT2D eigenvalue weighted by Gasteiger charge is -2.17. The maximum Gasteiger partial charge on any atom is 0.127 e. The SMILES string of the molecule is NNC(Cc1ccc(Cl)cc1F)Cc1ccccc1Cl. The second-order valence-electron chi connectivity index (χ2n) is 4.60. The van der Waals surface area contributed by atoms with Gasteiger partial charge in [0.1, 0.15) is 5.82 Å². The third-order valence-corrected chi connectivity index (χ3v) is 3.75. The van der Waals surface area contributed by atoms with Gasteiger partial charge in [0, 0.05) is 16.1 Å². The molecule has 2 nitrogen and oxygen atoms in total. The van der Waals surface area contributed by atoms with E-state index in [9.17, 15) is 4.39 Å². The van der Waals surface area contributed by atoms with Crippen molar-refractivity contribution >= 4 is 23.2 Å². The molecule has 0 fully saturated rings. The van der Waals surface area contributed by atoms with E-state index >= 15 is 0 Å². The topological polar surface area (TPSA) is 38.0 Å². The van der Waals surface area contributed by atoms with Crippen LogP contribution in [0.4, 0.5) is 4.39 Å². The third-order valence-electron chi connectivity index (χ3n) is 3.14. The molecule has 1 unspecified atom stereocenters. The summed E-state index contributed by atoms with van der Waals surface area (Å²) >= 11 is 11.9. The van der Waals surface area contributed by atoms with Crippen LogP contribution in [0, 0.1) is 5.82 Å². The van der Waals surface area contributed by atoms with Crippen molar-refractivity contribution in [2.45, 2.75) is 18.9 Å². The molecule has 0 aliphatic heterocycles. The van der Waals surface area contributed by atoms with Crippen LogP contribution in [-0.2, 0) is 12.8 Å². The zero-order chi connectivity index (χ0) is 14.5. The number of benzene rings is 2. The summed E-state index contributed by atoms with van der Waals surface area (Å²) in [6, 6.07) is 12.1. The summed E-state index contributed by atoms with van der Waals surface area (Å²) in [5.41, 5.74) is 4.26. The fourth-order valence-electron chi connectivity index (χ4n) is 2.07. The Labute approximate surface area is 127 Å². The molecule has 0 saturated heterocycles. The van der Waals surface area contributed by atoms with Crippen LogP contribution in [0.3, 0.4) is 0 Å². The van der Waals surface area contributed by atoms with Crippen molar-refractivity contribution in [3.63, 3.8) is 0 Å². The molecule has 5 heteroatoms. The Hall–Kier alpha value is -1.13. The number of hydrogen-bond donors (Lipinski definition) is 2. The summed E-state index contributed by atoms with van der Waals surface area (Å²) in [5, 5.41) is 1.07. The second kappa shape index (κ2) is 7.04. The Morgan fingerprint density at radius 2 is 1.75 bits per heavy atom. The molecule has 0 heterocycles. The van der Waals surface area contributed by atoms with E-state index in [4.69, 9.17) is 29.0 Å². The molecule has 0 bridgehead atoms. The van der Waals surface area contributed by atoms with Crippen molar-refractivity contribution in [3.05, 3.63) is 69.5 Å². The average Bonchev–Trinajstić information content (AvgIpc) is 2.43. The Kier molecular flexibility index (Phi) is 5.38. The van der Waals surface area contributed by atoms with Crippen molar-refractivity contribution in [2.75, 3.05) is 0 Å². The fourth-order valence-corrected chi connectivity index (χ4v) is 2.44. The van der Waals surface area contributed by atoms with Crippen molar-refractivity contribution in [1.29, 1.82) is 0 Å². The summed E-state index contributed by atoms with van der Waals surface area (Å²) in [7, 11) is 0. The Bertz CT molecular complexity index is 590. The molecule has 2 aromatic rings. The van der Waals surface area contributed by atoms with E-state index < -0.39 is 0 Å². The first-order chi connectivity index (χ1) is 9.60. The minimum Gasteiger partial charge on any atom is -0.271 e. The summed E-state index contributed by atoms with van der Waals surface area (Å²) in [4.78, 5) is 0. The lowest BCUT2D eigenvalue weighted by Crippen LogP contribution is -2.38. The van der Waals surface area contributed by atoms with Crippen LogP contribution < -0.4 is 11.3 Å². The summed E-state index contributed by atoms with van der Waals surface area (Å²) < 4.78 is 13.8. The van der Waals surface area contributed by atoms with Gasteiger partial charge in [-0.2, -0.15) is 0 Å². The lowest BCUT2D eigenvalue weighted by atomic mass is 9.99. The van der Waals surface area contributed by atoms with Gasteiger partial charge in [0.15, 0.2) is 0 Å². The minimum absolute atomic E-state index is 0.106. The molecular weight excluding hydrogens is 298 g/mol. The molecule has 3 N–H and O–H groups in total. The van der Waals surface area contributed by atoms with E-state index in [1.165, 1.54) is 6.07 Å². The van der Waals surface area contributed by atoms with Gasteiger partial charge in [-0.1, -0.05) is 47.5 Å². The Balaban J connectivity index is 2.11. The van der Waals surface area contributed by atoms with Gasteiger partial charge in [0.25, 0.3) is 0 Å². The van der Waals surface area contributed by atoms with Gasteiger partial charge >= 0.3 is 0 Å². The van der Waals surface area contributed by atoms with E-state index in [0.717, 1.165) is 5.56 Å². The second-order valence-corrected chi connectivity index (χ2v) is 5.44. The Morgan fingerprint density at radius 3 is 2.40 bits per heavy atom. The smallest absolute Gasteiger partial charge is 0.127 e. The molecule has 1 atom stereocenters. The van der Waals surface area contributed by atoms with E-state index in [1.54, 1.807) is 12.1 Å². The van der Waals surface area contributed by atoms with E-state index in [-0.39, 0.29) is 11.9 Å². The molecule has 0 saturated carbocycles. The molecule has 2 rings (SSSR count). The largest absolute Gasteiger partial charge is 0.271 e. The fraction of sp³-hybridized carbons (Fsp3) is 0.200. The molecule has 0 aliphatic carbocycles. The van der Waals surface area contributed by atoms with Gasteiger partial charge in [-0.15, -0.1) is 0 Å². The summed E-state index contributed by atoms with van der Waals surface area (Å²) in [6.45, 7) is 0. The van der Waals surface area contributed by atoms with E-state index in [0.29, 0.717) is 28.5 Å². The number of rotatable bonds is 5. The molecule has 106 valence electrons. The number of hydrazine groups is 1. The maximum absolute atomic E-state index is 13.8. The normalized spacial score (nSPS) is 12.4. The summed E-state index contributed by atoms with van der Waals surface area (Å²) in [5.74, 6) is 5.23. The molecular formula is C15H15Cl2FN2. The van der Waals surface area contributed by atoms with Crippen molar-refractivity contribution in [3.8, 4) is 0 Å². The maximum atomic E-state index is 13.8. The van der Waals surface area contributed by atoms with Crippen LogP contribution >= 0.6 is 23.2 Å². The highest BCUT2D eigenvalue weighted by molar-refractivity contribution is 6.31. The zero-order valence-corrected chi connectivity index (χ0v) is 12.3. The van der Waals surface area contributed by atoms with Gasteiger partial charge in [0.05, 0.1) is 0 Å². The van der Waals surface area contributed by atoms with Gasteiger partial charge in [-0.05, 0) is 42.2 Å². The van der Waals surface area contributed by atoms with Crippen molar-refractivity contribution in [1.82, 2.24) is 5.43 Å². The first-order valence-electron chi connectivity index (χ1n) is 6.23. The highest BCUT2D eigenvalue weighted by Crippen LogP contribution is 2.20. The number of halogens is 3. The van der Waals surface area contributed by atoms with Crippen LogP contribution in [0.25, 0.3) is 0 Å². The molecule has 0 aliphatic rings. The molecule has 0 aromatic heterocycles. The molecule has 0 amide bonds. The molecule has 0 spiro atoms. The highest BCUT2D eigenvalue weighted by Gasteiger charge is 2.13. The standard InChI is InChI=1S/C15H15Cl2FN2/c16-12-6-5-11(15(18)9-12)8-13(20-19)7-10-3-1-2-4-14(10)17/h1-6,9,13,20H,7-8,19H2. The minimum atomic E-state index is -0.322. The number of nitrogens with two attached hydrogens (primary N) is 1. The Morgan fingerprint density at radius 1 is 1.05 bits per heavy atom. The predicted molar refractivity (Wildman–Crippen MR) is 81.4 cm³/mol. The predicted octanol–water partition coefficient (Wildman–Crippen LogP) is 3.75. The van der Waals surface area contributed by atoms with Crippen LogP contribution in [0.5, 0.6) is 0 Å². The zero-order valence-electron chi connectivity index (χ0n) is 10.7. The first-order valence-corrected chi connectivity index (χ1v) is 6.99. The average molecular weight is 313 g/mol. The van der Waals surface area contributed by atoms with Crippen LogP contribution in [-0.4, -0.2) is 6.04 Å². The summed E-state index contributed by atoms with van der Waals surface area (Å²) in [6.07, 6.45) is 1.09. The molecule has 0 radical (unpaired) electrons. The number of hydrogen-bond acceptors (Lipinski definition) is 2. The highest BCUT2D eigenvalue weighted by atomic mass is 35.5. The van der Waals surface area contributed by atoms with Crippen molar-refractivity contribution < 1.29 is 4.39 Å². The lowest BCUT2D eigenvalue weighted by molar-refractivity contribution is 0.506. The number of nitrogens with one attached hydrogen (secondary N) is 1. The quantitative estimate of drug-likeness (QED) is 0.652. The molecule has 2 aromatic carbocycles. The van der Waals surface area contributed by atoms with Gasteiger partial charge < -0.3 is 0 Å². The van der Waals surface area contributed by atoms with Gasteiger partial charge in [-0.3, -0.25) is 11.3 Å². The van der Waals surface area contributed by atoms with Crippen molar-refractivity contribution in [2.24, 2.45) is 5.84 Å².